The molecule has 0 saturated carbocycles. The van der Waals surface area contributed by atoms with Gasteiger partial charge in [-0.1, -0.05) is 11.6 Å². The van der Waals surface area contributed by atoms with E-state index >= 15 is 0 Å². The van der Waals surface area contributed by atoms with Crippen LogP contribution in [-0.4, -0.2) is 23.8 Å². The van der Waals surface area contributed by atoms with Crippen molar-refractivity contribution in [1.82, 2.24) is 0 Å². The number of benzene rings is 1. The zero-order valence-electron chi connectivity index (χ0n) is 10.3. The van der Waals surface area contributed by atoms with E-state index < -0.39 is 19.5 Å². The summed E-state index contributed by atoms with van der Waals surface area (Å²) in [6, 6.07) is 6.68. The normalized spacial score (nSPS) is 12.9. The highest BCUT2D eigenvalue weighted by molar-refractivity contribution is 7.80. The number of rotatable bonds is 8. The molecule has 0 spiro atoms. The Hall–Kier alpha value is -0.0300. The van der Waals surface area contributed by atoms with Gasteiger partial charge in [0.1, 0.15) is 6.35 Å². The largest absolute Gasteiger partial charge is 0.333 e. The molecule has 0 N–H and O–H groups in total. The molecule has 4 nitrogen and oxygen atoms in total. The Bertz CT molecular complexity index is 368. The molecule has 18 heavy (non-hydrogen) atoms. The lowest BCUT2D eigenvalue weighted by molar-refractivity contribution is 0.248. The summed E-state index contributed by atoms with van der Waals surface area (Å²) in [5, 5.41) is 0.599. The minimum absolute atomic E-state index is 0.187. The molecule has 0 amide bonds. The smallest absolute Gasteiger partial charge is 0.199 e. The van der Waals surface area contributed by atoms with Crippen LogP contribution in [0.2, 0.25) is 5.02 Å². The zero-order valence-corrected chi connectivity index (χ0v) is 12.8. The van der Waals surface area contributed by atoms with Crippen molar-refractivity contribution >= 4 is 31.1 Å². The monoisotopic (exact) mass is 310 g/mol. The van der Waals surface area contributed by atoms with Crippen LogP contribution in [0.15, 0.2) is 29.2 Å². The topological polar surface area (TPSA) is 44.8 Å². The molecule has 1 atom stereocenters. The molecular weight excluding hydrogens is 295 g/mol. The van der Waals surface area contributed by atoms with E-state index in [0.717, 1.165) is 0 Å². The van der Waals surface area contributed by atoms with Crippen LogP contribution in [0.4, 0.5) is 0 Å². The van der Waals surface area contributed by atoms with Crippen LogP contribution in [-0.2, 0) is 24.3 Å². The minimum Gasteiger partial charge on any atom is -0.333 e. The molecule has 1 rings (SSSR count). The molecule has 102 valence electrons. The maximum atomic E-state index is 11.8. The lowest BCUT2D eigenvalue weighted by Gasteiger charge is -2.14. The average molecular weight is 311 g/mol. The van der Waals surface area contributed by atoms with E-state index in [4.69, 9.17) is 24.8 Å². The summed E-state index contributed by atoms with van der Waals surface area (Å²) in [5.74, 6) is 0. The van der Waals surface area contributed by atoms with Crippen LogP contribution in [0.1, 0.15) is 13.8 Å². The summed E-state index contributed by atoms with van der Waals surface area (Å²) < 4.78 is 27.8. The first kappa shape index (κ1) is 16.0. The SMILES string of the molecule is CCOP(COS(=O)c1ccc(Cl)cc1)OCC. The van der Waals surface area contributed by atoms with Gasteiger partial charge >= 0.3 is 0 Å². The fraction of sp³-hybridized carbons (Fsp3) is 0.455. The molecule has 0 aromatic heterocycles. The second kappa shape index (κ2) is 8.97. The van der Waals surface area contributed by atoms with E-state index in [-0.39, 0.29) is 6.35 Å². The molecule has 1 aromatic carbocycles. The highest BCUT2D eigenvalue weighted by Crippen LogP contribution is 2.38. The van der Waals surface area contributed by atoms with Crippen LogP contribution in [0.5, 0.6) is 0 Å². The van der Waals surface area contributed by atoms with Gasteiger partial charge in [-0.2, -0.15) is 0 Å². The van der Waals surface area contributed by atoms with Crippen LogP contribution < -0.4 is 0 Å². The van der Waals surface area contributed by atoms with Gasteiger partial charge < -0.3 is 9.05 Å². The van der Waals surface area contributed by atoms with Crippen molar-refractivity contribution in [3.8, 4) is 0 Å². The van der Waals surface area contributed by atoms with Crippen molar-refractivity contribution in [3.63, 3.8) is 0 Å². The number of hydrogen-bond donors (Lipinski definition) is 0. The van der Waals surface area contributed by atoms with E-state index in [9.17, 15) is 4.21 Å². The summed E-state index contributed by atoms with van der Waals surface area (Å²) in [5.41, 5.74) is 0. The van der Waals surface area contributed by atoms with Crippen molar-refractivity contribution in [2.75, 3.05) is 19.6 Å². The molecule has 0 saturated heterocycles. The Balaban J connectivity index is 2.46. The third-order valence-electron chi connectivity index (χ3n) is 1.82. The first-order valence-corrected chi connectivity index (χ1v) is 8.33. The Morgan fingerprint density at radius 3 is 2.22 bits per heavy atom. The van der Waals surface area contributed by atoms with Gasteiger partial charge in [0.2, 0.25) is 0 Å². The lowest BCUT2D eigenvalue weighted by atomic mass is 10.4. The van der Waals surface area contributed by atoms with Gasteiger partial charge in [-0.05, 0) is 38.1 Å². The molecule has 0 aliphatic carbocycles. The fourth-order valence-electron chi connectivity index (χ4n) is 1.10. The molecular formula is C11H16ClO4PS. The molecule has 0 bridgehead atoms. The van der Waals surface area contributed by atoms with E-state index in [1.807, 2.05) is 13.8 Å². The van der Waals surface area contributed by atoms with E-state index in [0.29, 0.717) is 23.1 Å². The number of hydrogen-bond acceptors (Lipinski definition) is 4. The lowest BCUT2D eigenvalue weighted by Crippen LogP contribution is -2.02. The van der Waals surface area contributed by atoms with E-state index in [1.165, 1.54) is 0 Å². The third kappa shape index (κ3) is 5.74. The molecule has 7 heteroatoms. The second-order valence-corrected chi connectivity index (χ2v) is 6.16. The first-order valence-electron chi connectivity index (χ1n) is 5.51. The van der Waals surface area contributed by atoms with Crippen LogP contribution in [0, 0.1) is 0 Å². The average Bonchev–Trinajstić information content (AvgIpc) is 2.37. The number of halogens is 1. The van der Waals surface area contributed by atoms with Crippen molar-refractivity contribution < 1.29 is 17.4 Å². The quantitative estimate of drug-likeness (QED) is 0.686. The molecule has 1 unspecified atom stereocenters. The van der Waals surface area contributed by atoms with Crippen LogP contribution in [0.3, 0.4) is 0 Å². The summed E-state index contributed by atoms with van der Waals surface area (Å²) in [7, 11) is -1.13. The Labute approximate surface area is 116 Å². The van der Waals surface area contributed by atoms with Crippen molar-refractivity contribution in [2.45, 2.75) is 18.7 Å². The van der Waals surface area contributed by atoms with Gasteiger partial charge in [-0.25, -0.2) is 4.21 Å². The summed E-state index contributed by atoms with van der Waals surface area (Å²) in [4.78, 5) is 0.572. The third-order valence-corrected chi connectivity index (χ3v) is 4.67. The molecule has 0 radical (unpaired) electrons. The van der Waals surface area contributed by atoms with Gasteiger partial charge in [0, 0.05) is 5.02 Å². The molecule has 0 heterocycles. The Morgan fingerprint density at radius 1 is 1.17 bits per heavy atom. The predicted molar refractivity (Wildman–Crippen MR) is 74.0 cm³/mol. The minimum atomic E-state index is -1.52. The van der Waals surface area contributed by atoms with Gasteiger partial charge in [0.15, 0.2) is 19.5 Å². The van der Waals surface area contributed by atoms with Crippen molar-refractivity contribution in [1.29, 1.82) is 0 Å². The Morgan fingerprint density at radius 2 is 1.72 bits per heavy atom. The highest BCUT2D eigenvalue weighted by Gasteiger charge is 2.13. The highest BCUT2D eigenvalue weighted by atomic mass is 35.5. The fourth-order valence-corrected chi connectivity index (χ4v) is 3.25. The predicted octanol–water partition coefficient (Wildman–Crippen LogP) is 3.72. The summed E-state index contributed by atoms with van der Waals surface area (Å²) in [6.07, 6.45) is 0.187. The van der Waals surface area contributed by atoms with Crippen molar-refractivity contribution in [2.24, 2.45) is 0 Å². The first-order chi connectivity index (χ1) is 8.67. The summed E-state index contributed by atoms with van der Waals surface area (Å²) in [6.45, 7) is 4.85. The van der Waals surface area contributed by atoms with E-state index in [2.05, 4.69) is 0 Å². The maximum Gasteiger partial charge on any atom is 0.199 e. The molecule has 1 aromatic rings. The molecule has 0 aliphatic heterocycles. The zero-order chi connectivity index (χ0) is 13.4. The van der Waals surface area contributed by atoms with Gasteiger partial charge in [-0.3, -0.25) is 4.18 Å². The molecule has 0 aliphatic rings. The standard InChI is InChI=1S/C11H16ClO4PS/c1-3-14-17(15-4-2)9-16-18(13)11-7-5-10(12)6-8-11/h5-8H,3-4,9H2,1-2H3. The van der Waals surface area contributed by atoms with Crippen molar-refractivity contribution in [3.05, 3.63) is 29.3 Å². The van der Waals surface area contributed by atoms with Crippen LogP contribution in [0.25, 0.3) is 0 Å². The molecule has 0 fully saturated rings. The van der Waals surface area contributed by atoms with Gasteiger partial charge in [0.25, 0.3) is 0 Å². The van der Waals surface area contributed by atoms with Gasteiger partial charge in [-0.15, -0.1) is 0 Å². The maximum absolute atomic E-state index is 11.8. The van der Waals surface area contributed by atoms with Crippen LogP contribution >= 0.6 is 20.0 Å². The second-order valence-electron chi connectivity index (χ2n) is 3.10. The Kier molecular flexibility index (Phi) is 7.98. The summed E-state index contributed by atoms with van der Waals surface area (Å²) >= 11 is 4.23. The van der Waals surface area contributed by atoms with E-state index in [1.54, 1.807) is 24.3 Å². The van der Waals surface area contributed by atoms with Gasteiger partial charge in [0.05, 0.1) is 18.1 Å².